The van der Waals surface area contributed by atoms with Crippen molar-refractivity contribution in [2.75, 3.05) is 14.1 Å². The predicted octanol–water partition coefficient (Wildman–Crippen LogP) is 4.52. The third-order valence-corrected chi connectivity index (χ3v) is 5.88. The summed E-state index contributed by atoms with van der Waals surface area (Å²) >= 11 is 12.5. The molecule has 0 aliphatic heterocycles. The van der Waals surface area contributed by atoms with Crippen LogP contribution in [0.2, 0.25) is 10.0 Å². The van der Waals surface area contributed by atoms with Gasteiger partial charge in [0.05, 0.1) is 10.0 Å². The Morgan fingerprint density at radius 3 is 2.33 bits per heavy atom. The summed E-state index contributed by atoms with van der Waals surface area (Å²) in [5.41, 5.74) is 7.79. The first-order chi connectivity index (χ1) is 9.97. The molecule has 118 valence electrons. The molecule has 21 heavy (non-hydrogen) atoms. The number of likely N-dealkylation sites (N-methyl/N-ethyl adjacent to an activating group) is 1. The number of rotatable bonds is 4. The molecule has 1 unspecified atom stereocenters. The zero-order chi connectivity index (χ0) is 15.5. The van der Waals surface area contributed by atoms with Crippen LogP contribution in [0.4, 0.5) is 0 Å². The molecular weight excluding hydrogens is 303 g/mol. The van der Waals surface area contributed by atoms with E-state index in [0.717, 1.165) is 12.0 Å². The molecule has 1 fully saturated rings. The summed E-state index contributed by atoms with van der Waals surface area (Å²) in [6.07, 6.45) is 8.26. The van der Waals surface area contributed by atoms with Gasteiger partial charge in [-0.25, -0.2) is 0 Å². The molecule has 0 radical (unpaired) electrons. The minimum absolute atomic E-state index is 0.0709. The average Bonchev–Trinajstić information content (AvgIpc) is 2.70. The van der Waals surface area contributed by atoms with Crippen molar-refractivity contribution in [3.05, 3.63) is 33.8 Å². The average molecular weight is 329 g/mol. The van der Waals surface area contributed by atoms with Crippen LogP contribution in [-0.2, 0) is 6.42 Å². The van der Waals surface area contributed by atoms with Crippen LogP contribution in [0.15, 0.2) is 18.2 Å². The number of hydrogen-bond acceptors (Lipinski definition) is 2. The van der Waals surface area contributed by atoms with Crippen molar-refractivity contribution >= 4 is 23.2 Å². The summed E-state index contributed by atoms with van der Waals surface area (Å²) in [6, 6.07) is 5.88. The van der Waals surface area contributed by atoms with Crippen molar-refractivity contribution in [3.63, 3.8) is 0 Å². The smallest absolute Gasteiger partial charge is 0.0624 e. The first-order valence-electron chi connectivity index (χ1n) is 7.83. The molecule has 2 N–H and O–H groups in total. The van der Waals surface area contributed by atoms with Gasteiger partial charge in [-0.05, 0) is 45.0 Å². The fourth-order valence-electron chi connectivity index (χ4n) is 3.62. The van der Waals surface area contributed by atoms with E-state index >= 15 is 0 Å². The summed E-state index contributed by atoms with van der Waals surface area (Å²) in [7, 11) is 4.31. The lowest BCUT2D eigenvalue weighted by Crippen LogP contribution is -2.58. The van der Waals surface area contributed by atoms with E-state index in [-0.39, 0.29) is 11.6 Å². The highest BCUT2D eigenvalue weighted by molar-refractivity contribution is 6.42. The van der Waals surface area contributed by atoms with Crippen LogP contribution in [0.1, 0.15) is 44.1 Å². The fraction of sp³-hybridized carbons (Fsp3) is 0.647. The molecule has 0 heterocycles. The molecule has 1 aromatic rings. The molecule has 0 spiro atoms. The third kappa shape index (κ3) is 3.73. The van der Waals surface area contributed by atoms with Gasteiger partial charge < -0.3 is 10.6 Å². The van der Waals surface area contributed by atoms with Crippen molar-refractivity contribution in [2.24, 2.45) is 5.73 Å². The first-order valence-corrected chi connectivity index (χ1v) is 8.59. The lowest BCUT2D eigenvalue weighted by Gasteiger charge is -2.44. The highest BCUT2D eigenvalue weighted by Gasteiger charge is 2.39. The van der Waals surface area contributed by atoms with E-state index in [1.807, 2.05) is 18.2 Å². The predicted molar refractivity (Wildman–Crippen MR) is 92.3 cm³/mol. The van der Waals surface area contributed by atoms with Crippen molar-refractivity contribution in [2.45, 2.75) is 56.5 Å². The Balaban J connectivity index is 2.22. The minimum Gasteiger partial charge on any atom is -0.326 e. The van der Waals surface area contributed by atoms with Crippen molar-refractivity contribution in [1.82, 2.24) is 4.90 Å². The SMILES string of the molecule is CN(C)C1(C(N)Cc2cccc(Cl)c2Cl)CCCCCC1. The lowest BCUT2D eigenvalue weighted by molar-refractivity contribution is 0.0968. The van der Waals surface area contributed by atoms with Crippen molar-refractivity contribution < 1.29 is 0 Å². The van der Waals surface area contributed by atoms with Gasteiger partial charge in [-0.15, -0.1) is 0 Å². The van der Waals surface area contributed by atoms with Crippen LogP contribution >= 0.6 is 23.2 Å². The second kappa shape index (κ2) is 7.32. The monoisotopic (exact) mass is 328 g/mol. The van der Waals surface area contributed by atoms with E-state index in [1.54, 1.807) is 0 Å². The highest BCUT2D eigenvalue weighted by Crippen LogP contribution is 2.36. The molecule has 2 nitrogen and oxygen atoms in total. The van der Waals surface area contributed by atoms with E-state index in [1.165, 1.54) is 38.5 Å². The van der Waals surface area contributed by atoms with Gasteiger partial charge in [0.1, 0.15) is 0 Å². The largest absolute Gasteiger partial charge is 0.326 e. The Bertz CT molecular complexity index is 466. The molecule has 2 rings (SSSR count). The molecule has 0 saturated heterocycles. The zero-order valence-electron chi connectivity index (χ0n) is 13.0. The molecule has 1 aliphatic rings. The van der Waals surface area contributed by atoms with Crippen LogP contribution in [0.3, 0.4) is 0 Å². The summed E-state index contributed by atoms with van der Waals surface area (Å²) in [4.78, 5) is 2.33. The van der Waals surface area contributed by atoms with Gasteiger partial charge in [-0.1, -0.05) is 61.0 Å². The minimum atomic E-state index is 0.0709. The number of nitrogens with two attached hydrogens (primary N) is 1. The number of halogens is 2. The van der Waals surface area contributed by atoms with Crippen LogP contribution in [0.5, 0.6) is 0 Å². The van der Waals surface area contributed by atoms with E-state index in [4.69, 9.17) is 28.9 Å². The van der Waals surface area contributed by atoms with Crippen LogP contribution in [0, 0.1) is 0 Å². The quantitative estimate of drug-likeness (QED) is 0.823. The maximum atomic E-state index is 6.66. The topological polar surface area (TPSA) is 29.3 Å². The second-order valence-corrected chi connectivity index (χ2v) is 7.22. The van der Waals surface area contributed by atoms with E-state index in [0.29, 0.717) is 10.0 Å². The van der Waals surface area contributed by atoms with Gasteiger partial charge in [0.15, 0.2) is 0 Å². The Kier molecular flexibility index (Phi) is 5.96. The standard InChI is InChI=1S/C17H26Cl2N2/c1-21(2)17(10-5-3-4-6-11-17)15(20)12-13-8-7-9-14(18)16(13)19/h7-9,15H,3-6,10-12,20H2,1-2H3. The Morgan fingerprint density at radius 1 is 1.14 bits per heavy atom. The van der Waals surface area contributed by atoms with Crippen molar-refractivity contribution in [3.8, 4) is 0 Å². The Morgan fingerprint density at radius 2 is 1.76 bits per heavy atom. The van der Waals surface area contributed by atoms with E-state index in [2.05, 4.69) is 19.0 Å². The van der Waals surface area contributed by atoms with Gasteiger partial charge in [0.2, 0.25) is 0 Å². The molecule has 1 atom stereocenters. The zero-order valence-corrected chi connectivity index (χ0v) is 14.6. The normalized spacial score (nSPS) is 20.3. The Labute approximate surface area is 138 Å². The molecular formula is C17H26Cl2N2. The van der Waals surface area contributed by atoms with E-state index < -0.39 is 0 Å². The molecule has 1 aromatic carbocycles. The first kappa shape index (κ1) is 17.1. The summed E-state index contributed by atoms with van der Waals surface area (Å²) in [6.45, 7) is 0. The molecule has 0 amide bonds. The van der Waals surface area contributed by atoms with Crippen LogP contribution in [-0.4, -0.2) is 30.6 Å². The number of benzene rings is 1. The molecule has 0 aromatic heterocycles. The van der Waals surface area contributed by atoms with Crippen molar-refractivity contribution in [1.29, 1.82) is 0 Å². The fourth-order valence-corrected chi connectivity index (χ4v) is 4.02. The second-order valence-electron chi connectivity index (χ2n) is 6.44. The number of nitrogens with zero attached hydrogens (tertiary/aromatic N) is 1. The maximum Gasteiger partial charge on any atom is 0.0624 e. The molecule has 4 heteroatoms. The van der Waals surface area contributed by atoms with Gasteiger partial charge in [0, 0.05) is 11.6 Å². The number of hydrogen-bond donors (Lipinski definition) is 1. The van der Waals surface area contributed by atoms with Gasteiger partial charge in [-0.3, -0.25) is 0 Å². The third-order valence-electron chi connectivity index (χ3n) is 5.02. The maximum absolute atomic E-state index is 6.66. The molecule has 1 aliphatic carbocycles. The van der Waals surface area contributed by atoms with Crippen LogP contribution < -0.4 is 5.73 Å². The van der Waals surface area contributed by atoms with Gasteiger partial charge >= 0.3 is 0 Å². The Hall–Kier alpha value is -0.280. The molecule has 1 saturated carbocycles. The lowest BCUT2D eigenvalue weighted by atomic mass is 9.79. The molecule has 0 bridgehead atoms. The summed E-state index contributed by atoms with van der Waals surface area (Å²) in [5, 5.41) is 1.26. The summed E-state index contributed by atoms with van der Waals surface area (Å²) < 4.78 is 0. The van der Waals surface area contributed by atoms with Crippen LogP contribution in [0.25, 0.3) is 0 Å². The van der Waals surface area contributed by atoms with E-state index in [9.17, 15) is 0 Å². The summed E-state index contributed by atoms with van der Waals surface area (Å²) in [5.74, 6) is 0. The van der Waals surface area contributed by atoms with Gasteiger partial charge in [0.25, 0.3) is 0 Å². The highest BCUT2D eigenvalue weighted by atomic mass is 35.5. The van der Waals surface area contributed by atoms with Gasteiger partial charge in [-0.2, -0.15) is 0 Å².